The molecule has 12 heavy (non-hydrogen) atoms. The van der Waals surface area contributed by atoms with E-state index in [9.17, 15) is 0 Å². The molecule has 0 radical (unpaired) electrons. The molecule has 0 aliphatic heterocycles. The fourth-order valence-electron chi connectivity index (χ4n) is 0.397. The first kappa shape index (κ1) is 13.6. The second kappa shape index (κ2) is 9.98. The Kier molecular flexibility index (Phi) is 11.3. The summed E-state index contributed by atoms with van der Waals surface area (Å²) in [5, 5.41) is 0. The number of hydrogen-bond donors (Lipinski definition) is 1. The third-order valence-electron chi connectivity index (χ3n) is 1.22. The number of hydrogen-bond acceptors (Lipinski definition) is 2. The average molecular weight is 169 g/mol. The highest BCUT2D eigenvalue weighted by atomic mass is 16.5. The van der Waals surface area contributed by atoms with E-state index in [2.05, 4.69) is 25.8 Å². The summed E-state index contributed by atoms with van der Waals surface area (Å²) in [4.78, 5) is 0. The second-order valence-corrected chi connectivity index (χ2v) is 2.02. The van der Waals surface area contributed by atoms with E-state index in [1.54, 1.807) is 7.11 Å². The molecule has 0 saturated heterocycles. The van der Waals surface area contributed by atoms with Crippen LogP contribution in [0, 0.1) is 0 Å². The number of nitrogens with two attached hydrogens (primary N) is 1. The Morgan fingerprint density at radius 2 is 1.83 bits per heavy atom. The predicted molar refractivity (Wildman–Crippen MR) is 54.8 cm³/mol. The molecule has 0 amide bonds. The Balaban J connectivity index is 0. The van der Waals surface area contributed by atoms with E-state index in [1.165, 1.54) is 7.05 Å². The fraction of sp³-hybridized carbons (Fsp3) is 0.400. The highest BCUT2D eigenvalue weighted by Crippen LogP contribution is 2.01. The topological polar surface area (TPSA) is 35.2 Å². The molecule has 0 fully saturated rings. The zero-order valence-electron chi connectivity index (χ0n) is 8.26. The molecule has 0 atom stereocenters. The van der Waals surface area contributed by atoms with Gasteiger partial charge in [0.15, 0.2) is 0 Å². The third kappa shape index (κ3) is 8.98. The summed E-state index contributed by atoms with van der Waals surface area (Å²) in [5.74, 6) is 0.662. The molecule has 0 rings (SSSR count). The third-order valence-corrected chi connectivity index (χ3v) is 1.22. The van der Waals surface area contributed by atoms with Crippen LogP contribution in [0.3, 0.4) is 0 Å². The zero-order chi connectivity index (χ0) is 9.98. The van der Waals surface area contributed by atoms with Gasteiger partial charge in [-0.05, 0) is 19.5 Å². The van der Waals surface area contributed by atoms with E-state index in [0.29, 0.717) is 5.76 Å². The smallest absolute Gasteiger partial charge is 0.111 e. The molecule has 0 aromatic rings. The van der Waals surface area contributed by atoms with Gasteiger partial charge < -0.3 is 10.5 Å². The van der Waals surface area contributed by atoms with Crippen molar-refractivity contribution in [1.29, 1.82) is 0 Å². The second-order valence-electron chi connectivity index (χ2n) is 2.02. The quantitative estimate of drug-likeness (QED) is 0.517. The van der Waals surface area contributed by atoms with Crippen LogP contribution in [-0.4, -0.2) is 14.2 Å². The minimum absolute atomic E-state index is 0.662. The van der Waals surface area contributed by atoms with E-state index in [4.69, 9.17) is 4.74 Å². The van der Waals surface area contributed by atoms with Gasteiger partial charge in [0.25, 0.3) is 0 Å². The summed E-state index contributed by atoms with van der Waals surface area (Å²) >= 11 is 0. The van der Waals surface area contributed by atoms with Gasteiger partial charge in [0, 0.05) is 0 Å². The van der Waals surface area contributed by atoms with Crippen molar-refractivity contribution in [3.8, 4) is 0 Å². The van der Waals surface area contributed by atoms with Gasteiger partial charge in [0.1, 0.15) is 5.76 Å². The van der Waals surface area contributed by atoms with Crippen LogP contribution in [0.25, 0.3) is 0 Å². The maximum atomic E-state index is 4.82. The molecular weight excluding hydrogens is 150 g/mol. The largest absolute Gasteiger partial charge is 0.497 e. The van der Waals surface area contributed by atoms with Crippen LogP contribution in [0.2, 0.25) is 0 Å². The molecule has 2 nitrogen and oxygen atoms in total. The van der Waals surface area contributed by atoms with Gasteiger partial charge in [-0.3, -0.25) is 0 Å². The minimum atomic E-state index is 0.662. The molecule has 0 aromatic carbocycles. The zero-order valence-corrected chi connectivity index (χ0v) is 8.26. The van der Waals surface area contributed by atoms with E-state index in [-0.39, 0.29) is 0 Å². The van der Waals surface area contributed by atoms with Gasteiger partial charge in [-0.1, -0.05) is 31.7 Å². The molecule has 0 aliphatic rings. The SMILES string of the molecule is C=C(/C=C\C(=C)OC)CC.CN. The van der Waals surface area contributed by atoms with Gasteiger partial charge in [0.2, 0.25) is 0 Å². The molecule has 70 valence electrons. The van der Waals surface area contributed by atoms with Crippen molar-refractivity contribution >= 4 is 0 Å². The first-order valence-corrected chi connectivity index (χ1v) is 3.87. The molecule has 0 bridgehead atoms. The highest BCUT2D eigenvalue weighted by Gasteiger charge is 1.83. The van der Waals surface area contributed by atoms with Crippen molar-refractivity contribution in [2.75, 3.05) is 14.2 Å². The lowest BCUT2D eigenvalue weighted by Gasteiger charge is -1.95. The first-order valence-electron chi connectivity index (χ1n) is 3.87. The standard InChI is InChI=1S/C9H14O.CH5N/c1-5-8(2)6-7-9(3)10-4;1-2/h6-7H,2-3,5H2,1,4H3;2H2,1H3/b7-6-;. The van der Waals surface area contributed by atoms with Gasteiger partial charge in [0.05, 0.1) is 7.11 Å². The monoisotopic (exact) mass is 169 g/mol. The predicted octanol–water partition coefficient (Wildman–Crippen LogP) is 2.24. The van der Waals surface area contributed by atoms with Crippen LogP contribution in [0.1, 0.15) is 13.3 Å². The van der Waals surface area contributed by atoms with Crippen molar-refractivity contribution in [3.63, 3.8) is 0 Å². The molecule has 0 heterocycles. The molecule has 2 heteroatoms. The summed E-state index contributed by atoms with van der Waals surface area (Å²) in [5.41, 5.74) is 5.58. The summed E-state index contributed by atoms with van der Waals surface area (Å²) in [7, 11) is 3.10. The normalized spacial score (nSPS) is 8.67. The Bertz CT molecular complexity index is 141. The molecule has 2 N–H and O–H groups in total. The Hall–Kier alpha value is -1.02. The number of ether oxygens (including phenoxy) is 1. The molecule has 0 aliphatic carbocycles. The average Bonchev–Trinajstić information content (AvgIpc) is 2.16. The number of methoxy groups -OCH3 is 1. The van der Waals surface area contributed by atoms with Crippen molar-refractivity contribution in [2.24, 2.45) is 5.73 Å². The molecule has 0 unspecified atom stereocenters. The van der Waals surface area contributed by atoms with Crippen LogP contribution < -0.4 is 5.73 Å². The Labute approximate surface area is 75.4 Å². The fourth-order valence-corrected chi connectivity index (χ4v) is 0.397. The number of rotatable bonds is 4. The van der Waals surface area contributed by atoms with E-state index >= 15 is 0 Å². The van der Waals surface area contributed by atoms with E-state index in [1.807, 2.05) is 12.2 Å². The lowest BCUT2D eigenvalue weighted by molar-refractivity contribution is 0.309. The summed E-state index contributed by atoms with van der Waals surface area (Å²) < 4.78 is 4.82. The van der Waals surface area contributed by atoms with E-state index in [0.717, 1.165) is 12.0 Å². The van der Waals surface area contributed by atoms with Gasteiger partial charge in [-0.15, -0.1) is 0 Å². The number of allylic oxidation sites excluding steroid dienone is 3. The Morgan fingerprint density at radius 1 is 1.33 bits per heavy atom. The maximum Gasteiger partial charge on any atom is 0.111 e. The Morgan fingerprint density at radius 3 is 2.17 bits per heavy atom. The summed E-state index contributed by atoms with van der Waals surface area (Å²) in [6, 6.07) is 0. The van der Waals surface area contributed by atoms with Crippen LogP contribution in [0.15, 0.2) is 36.6 Å². The van der Waals surface area contributed by atoms with Gasteiger partial charge in [-0.25, -0.2) is 0 Å². The minimum Gasteiger partial charge on any atom is -0.497 e. The van der Waals surface area contributed by atoms with Crippen molar-refractivity contribution < 1.29 is 4.74 Å². The van der Waals surface area contributed by atoms with Crippen LogP contribution in [-0.2, 0) is 4.74 Å². The first-order chi connectivity index (χ1) is 5.70. The van der Waals surface area contributed by atoms with Gasteiger partial charge in [-0.2, -0.15) is 0 Å². The lowest BCUT2D eigenvalue weighted by Crippen LogP contribution is -1.77. The van der Waals surface area contributed by atoms with Crippen LogP contribution in [0.5, 0.6) is 0 Å². The summed E-state index contributed by atoms with van der Waals surface area (Å²) in [6.07, 6.45) is 4.69. The van der Waals surface area contributed by atoms with Crippen molar-refractivity contribution in [3.05, 3.63) is 36.6 Å². The molecule has 0 spiro atoms. The maximum absolute atomic E-state index is 4.82. The van der Waals surface area contributed by atoms with Crippen LogP contribution >= 0.6 is 0 Å². The summed E-state index contributed by atoms with van der Waals surface area (Å²) in [6.45, 7) is 9.48. The van der Waals surface area contributed by atoms with Crippen molar-refractivity contribution in [1.82, 2.24) is 0 Å². The molecule has 0 saturated carbocycles. The van der Waals surface area contributed by atoms with Crippen LogP contribution in [0.4, 0.5) is 0 Å². The lowest BCUT2D eigenvalue weighted by atomic mass is 10.2. The molecule has 0 aromatic heterocycles. The molecular formula is C10H19NO. The van der Waals surface area contributed by atoms with Crippen molar-refractivity contribution in [2.45, 2.75) is 13.3 Å². The van der Waals surface area contributed by atoms with E-state index < -0.39 is 0 Å². The highest BCUT2D eigenvalue weighted by molar-refractivity contribution is 5.20. The van der Waals surface area contributed by atoms with Gasteiger partial charge >= 0.3 is 0 Å².